The highest BCUT2D eigenvalue weighted by Crippen LogP contribution is 2.34. The summed E-state index contributed by atoms with van der Waals surface area (Å²) in [5.74, 6) is 0.0187. The second-order valence-corrected chi connectivity index (χ2v) is 10.8. The maximum Gasteiger partial charge on any atom is 0.322 e. The van der Waals surface area contributed by atoms with Crippen molar-refractivity contribution in [3.05, 3.63) is 81.3 Å². The normalized spacial score (nSPS) is 18.6. The summed E-state index contributed by atoms with van der Waals surface area (Å²) in [5.41, 5.74) is 1.60. The molecule has 0 aliphatic carbocycles. The third-order valence-corrected chi connectivity index (χ3v) is 8.01. The number of benzene rings is 2. The molecular weight excluding hydrogens is 529 g/mol. The molecule has 200 valence electrons. The Hall–Kier alpha value is -3.14. The third-order valence-electron chi connectivity index (χ3n) is 6.77. The highest BCUT2D eigenvalue weighted by Gasteiger charge is 2.34. The van der Waals surface area contributed by atoms with E-state index in [-0.39, 0.29) is 43.1 Å². The molecular formula is C28H29ClFN3O4S. The maximum absolute atomic E-state index is 13.7. The first kappa shape index (κ1) is 26.5. The lowest BCUT2D eigenvalue weighted by atomic mass is 10.0. The van der Waals surface area contributed by atoms with Gasteiger partial charge in [0.1, 0.15) is 24.7 Å². The van der Waals surface area contributed by atoms with Crippen molar-refractivity contribution in [3.8, 4) is 5.75 Å². The Balaban J connectivity index is 1.32. The SMILES string of the molecule is O=C(Nc1cccc(Cl)c1)N(CC(=O)N1CCc2sccc2[C@H]1COc1ccc(F)cc1)C[C@@H]1CCCO1. The number of amides is 3. The summed E-state index contributed by atoms with van der Waals surface area (Å²) in [6.07, 6.45) is 2.39. The molecule has 7 nitrogen and oxygen atoms in total. The summed E-state index contributed by atoms with van der Waals surface area (Å²) < 4.78 is 25.1. The standard InChI is InChI=1S/C28H29ClFN3O4S/c29-19-3-1-4-21(15-19)31-28(35)32(16-23-5-2-13-36-23)17-27(34)33-12-10-26-24(11-14-38-26)25(33)18-37-22-8-6-20(30)7-9-22/h1,3-4,6-9,11,14-15,23,25H,2,5,10,12-13,16-18H2,(H,31,35)/t23-,25+/m0/s1. The second kappa shape index (κ2) is 12.1. The van der Waals surface area contributed by atoms with E-state index in [2.05, 4.69) is 5.32 Å². The number of carbonyl (C=O) groups is 2. The number of nitrogens with one attached hydrogen (secondary N) is 1. The van der Waals surface area contributed by atoms with Crippen LogP contribution in [0.2, 0.25) is 5.02 Å². The van der Waals surface area contributed by atoms with E-state index < -0.39 is 0 Å². The third kappa shape index (κ3) is 6.46. The van der Waals surface area contributed by atoms with Gasteiger partial charge in [0.05, 0.1) is 12.1 Å². The zero-order chi connectivity index (χ0) is 26.5. The van der Waals surface area contributed by atoms with Crippen LogP contribution in [-0.4, -0.2) is 60.7 Å². The minimum atomic E-state index is -0.386. The van der Waals surface area contributed by atoms with Crippen LogP contribution < -0.4 is 10.1 Å². The van der Waals surface area contributed by atoms with Crippen molar-refractivity contribution in [2.24, 2.45) is 0 Å². The van der Waals surface area contributed by atoms with Crippen LogP contribution in [0.4, 0.5) is 14.9 Å². The van der Waals surface area contributed by atoms with Gasteiger partial charge in [-0.05, 0) is 78.7 Å². The summed E-state index contributed by atoms with van der Waals surface area (Å²) >= 11 is 7.75. The van der Waals surface area contributed by atoms with Gasteiger partial charge >= 0.3 is 6.03 Å². The molecule has 0 unspecified atom stereocenters. The van der Waals surface area contributed by atoms with Crippen LogP contribution in [0.3, 0.4) is 0 Å². The predicted molar refractivity (Wildman–Crippen MR) is 145 cm³/mol. The molecule has 5 rings (SSSR count). The average Bonchev–Trinajstić information content (AvgIpc) is 3.60. The number of thiophene rings is 1. The summed E-state index contributed by atoms with van der Waals surface area (Å²) in [5, 5.41) is 5.39. The molecule has 0 spiro atoms. The molecule has 2 atom stereocenters. The van der Waals surface area contributed by atoms with Gasteiger partial charge in [-0.25, -0.2) is 9.18 Å². The Bertz CT molecular complexity index is 1260. The van der Waals surface area contributed by atoms with E-state index in [4.69, 9.17) is 21.1 Å². The predicted octanol–water partition coefficient (Wildman–Crippen LogP) is 5.76. The molecule has 1 N–H and O–H groups in total. The molecule has 10 heteroatoms. The first-order chi connectivity index (χ1) is 18.5. The van der Waals surface area contributed by atoms with Crippen molar-refractivity contribution in [2.45, 2.75) is 31.4 Å². The highest BCUT2D eigenvalue weighted by molar-refractivity contribution is 7.10. The molecule has 3 amide bonds. The molecule has 2 aliphatic heterocycles. The smallest absolute Gasteiger partial charge is 0.322 e. The molecule has 3 aromatic rings. The van der Waals surface area contributed by atoms with Gasteiger partial charge in [0, 0.05) is 35.3 Å². The quantitative estimate of drug-likeness (QED) is 0.382. The molecule has 1 fully saturated rings. The summed E-state index contributed by atoms with van der Waals surface area (Å²) in [6.45, 7) is 1.61. The summed E-state index contributed by atoms with van der Waals surface area (Å²) in [6, 6.07) is 14.1. The van der Waals surface area contributed by atoms with Crippen molar-refractivity contribution in [1.29, 1.82) is 0 Å². The van der Waals surface area contributed by atoms with E-state index in [1.165, 1.54) is 21.9 Å². The molecule has 1 saturated heterocycles. The van der Waals surface area contributed by atoms with Gasteiger partial charge in [-0.1, -0.05) is 17.7 Å². The van der Waals surface area contributed by atoms with Crippen molar-refractivity contribution < 1.29 is 23.5 Å². The van der Waals surface area contributed by atoms with Crippen LogP contribution in [-0.2, 0) is 16.0 Å². The zero-order valence-electron chi connectivity index (χ0n) is 20.8. The maximum atomic E-state index is 13.7. The van der Waals surface area contributed by atoms with Crippen LogP contribution in [0.25, 0.3) is 0 Å². The number of urea groups is 1. The molecule has 2 aromatic carbocycles. The zero-order valence-corrected chi connectivity index (χ0v) is 22.3. The van der Waals surface area contributed by atoms with E-state index in [1.807, 2.05) is 11.4 Å². The van der Waals surface area contributed by atoms with Gasteiger partial charge in [0.15, 0.2) is 0 Å². The van der Waals surface area contributed by atoms with Gasteiger partial charge in [-0.3, -0.25) is 4.79 Å². The number of hydrogen-bond acceptors (Lipinski definition) is 5. The van der Waals surface area contributed by atoms with Gasteiger partial charge in [0.2, 0.25) is 5.91 Å². The Labute approximate surface area is 230 Å². The number of nitrogens with zero attached hydrogens (tertiary/aromatic N) is 2. The molecule has 2 aliphatic rings. The van der Waals surface area contributed by atoms with Crippen LogP contribution in [0.5, 0.6) is 5.75 Å². The fraction of sp³-hybridized carbons (Fsp3) is 0.357. The lowest BCUT2D eigenvalue weighted by Gasteiger charge is -2.37. The van der Waals surface area contributed by atoms with E-state index in [9.17, 15) is 14.0 Å². The van der Waals surface area contributed by atoms with Crippen molar-refractivity contribution in [3.63, 3.8) is 0 Å². The number of carbonyl (C=O) groups excluding carboxylic acids is 2. The number of fused-ring (bicyclic) bond motifs is 1. The average molecular weight is 558 g/mol. The van der Waals surface area contributed by atoms with E-state index in [0.29, 0.717) is 36.2 Å². The van der Waals surface area contributed by atoms with Crippen LogP contribution in [0, 0.1) is 5.82 Å². The largest absolute Gasteiger partial charge is 0.491 e. The van der Waals surface area contributed by atoms with Crippen molar-refractivity contribution >= 4 is 40.6 Å². The minimum absolute atomic E-state index is 0.0984. The molecule has 1 aromatic heterocycles. The lowest BCUT2D eigenvalue weighted by molar-refractivity contribution is -0.135. The van der Waals surface area contributed by atoms with Crippen LogP contribution >= 0.6 is 22.9 Å². The Kier molecular flexibility index (Phi) is 8.46. The number of rotatable bonds is 8. The summed E-state index contributed by atoms with van der Waals surface area (Å²) in [4.78, 5) is 31.5. The Morgan fingerprint density at radius 2 is 2.05 bits per heavy atom. The lowest BCUT2D eigenvalue weighted by Crippen LogP contribution is -2.50. The number of hydrogen-bond donors (Lipinski definition) is 1. The topological polar surface area (TPSA) is 71.1 Å². The van der Waals surface area contributed by atoms with Crippen LogP contribution in [0.1, 0.15) is 29.3 Å². The van der Waals surface area contributed by atoms with E-state index in [0.717, 1.165) is 24.8 Å². The molecule has 3 heterocycles. The second-order valence-electron chi connectivity index (χ2n) is 9.37. The van der Waals surface area contributed by atoms with Crippen molar-refractivity contribution in [2.75, 3.05) is 38.2 Å². The molecule has 38 heavy (non-hydrogen) atoms. The van der Waals surface area contributed by atoms with Gasteiger partial charge in [0.25, 0.3) is 0 Å². The monoisotopic (exact) mass is 557 g/mol. The number of anilines is 1. The fourth-order valence-electron chi connectivity index (χ4n) is 4.86. The first-order valence-electron chi connectivity index (χ1n) is 12.6. The van der Waals surface area contributed by atoms with Gasteiger partial charge in [-0.15, -0.1) is 11.3 Å². The first-order valence-corrected chi connectivity index (χ1v) is 13.9. The van der Waals surface area contributed by atoms with Gasteiger partial charge < -0.3 is 24.6 Å². The number of halogens is 2. The van der Waals surface area contributed by atoms with E-state index >= 15 is 0 Å². The molecule has 0 radical (unpaired) electrons. The number of ether oxygens (including phenoxy) is 2. The molecule has 0 saturated carbocycles. The highest BCUT2D eigenvalue weighted by atomic mass is 35.5. The van der Waals surface area contributed by atoms with Crippen molar-refractivity contribution in [1.82, 2.24) is 9.80 Å². The fourth-order valence-corrected chi connectivity index (χ4v) is 5.98. The Morgan fingerprint density at radius 3 is 2.82 bits per heavy atom. The Morgan fingerprint density at radius 1 is 1.21 bits per heavy atom. The van der Waals surface area contributed by atoms with Gasteiger partial charge in [-0.2, -0.15) is 0 Å². The van der Waals surface area contributed by atoms with E-state index in [1.54, 1.807) is 52.6 Å². The molecule has 0 bridgehead atoms. The van der Waals surface area contributed by atoms with Crippen LogP contribution in [0.15, 0.2) is 60.0 Å². The minimum Gasteiger partial charge on any atom is -0.491 e. The summed E-state index contributed by atoms with van der Waals surface area (Å²) in [7, 11) is 0.